The van der Waals surface area contributed by atoms with E-state index in [1.165, 1.54) is 53.4 Å². The first-order valence-electron chi connectivity index (χ1n) is 13.4. The molecule has 0 aromatic heterocycles. The molecule has 11 heteroatoms. The predicted molar refractivity (Wildman–Crippen MR) is 163 cm³/mol. The maximum absolute atomic E-state index is 14.1. The molecule has 220 valence electrons. The average molecular weight is 608 g/mol. The van der Waals surface area contributed by atoms with Crippen molar-refractivity contribution in [2.75, 3.05) is 16.8 Å². The van der Waals surface area contributed by atoms with Gasteiger partial charge < -0.3 is 10.6 Å². The molecule has 0 saturated heterocycles. The number of sulfonamides is 2. The highest BCUT2D eigenvalue weighted by Gasteiger charge is 2.37. The Morgan fingerprint density at radius 2 is 1.29 bits per heavy atom. The van der Waals surface area contributed by atoms with E-state index in [2.05, 4.69) is 0 Å². The van der Waals surface area contributed by atoms with Gasteiger partial charge in [-0.1, -0.05) is 60.2 Å². The molecule has 4 aromatic rings. The highest BCUT2D eigenvalue weighted by molar-refractivity contribution is 8.10. The van der Waals surface area contributed by atoms with Gasteiger partial charge in [-0.2, -0.15) is 3.71 Å². The Balaban J connectivity index is 1.80. The van der Waals surface area contributed by atoms with E-state index in [-0.39, 0.29) is 21.9 Å². The standard InChI is InChI=1S/C31H33N3O6S2/c1-4-33(5-2)31(36)29(30(32)35)20-23-12-15-26(16-13-23)34(41(37,38)27-17-10-22(3)11-18-27)42(39,40)28-19-14-24-8-6-7-9-25(24)21-28/h6-19,21,29H,4-5,20H2,1-3H3,(H2,32,35). The SMILES string of the molecule is CCN(CC)C(=O)C(Cc1ccc(N(S(=O)(=O)c2ccc(C)cc2)S(=O)(=O)c2ccc3ccccc3c2)cc1)C(N)=O. The molecule has 0 saturated carbocycles. The third kappa shape index (κ3) is 6.17. The Morgan fingerprint density at radius 3 is 1.86 bits per heavy atom. The fourth-order valence-corrected chi connectivity index (χ4v) is 8.42. The number of primary amides is 1. The molecule has 4 rings (SSSR count). The molecule has 2 N–H and O–H groups in total. The summed E-state index contributed by atoms with van der Waals surface area (Å²) in [4.78, 5) is 26.2. The van der Waals surface area contributed by atoms with Gasteiger partial charge in [0.1, 0.15) is 5.92 Å². The Labute approximate surface area is 246 Å². The van der Waals surface area contributed by atoms with Crippen molar-refractivity contribution in [3.05, 3.63) is 102 Å². The summed E-state index contributed by atoms with van der Waals surface area (Å²) < 4.78 is 56.5. The van der Waals surface area contributed by atoms with Gasteiger partial charge in [0, 0.05) is 13.1 Å². The van der Waals surface area contributed by atoms with Crippen molar-refractivity contribution in [3.8, 4) is 0 Å². The summed E-state index contributed by atoms with van der Waals surface area (Å²) >= 11 is 0. The minimum atomic E-state index is -4.63. The maximum atomic E-state index is 14.1. The lowest BCUT2D eigenvalue weighted by molar-refractivity contribution is -0.140. The van der Waals surface area contributed by atoms with Crippen LogP contribution < -0.4 is 9.44 Å². The lowest BCUT2D eigenvalue weighted by atomic mass is 9.97. The number of anilines is 1. The molecule has 2 amide bonds. The first kappa shape index (κ1) is 30.7. The normalized spacial score (nSPS) is 12.5. The summed E-state index contributed by atoms with van der Waals surface area (Å²) in [5.41, 5.74) is 6.75. The topological polar surface area (TPSA) is 135 Å². The summed E-state index contributed by atoms with van der Waals surface area (Å²) in [7, 11) is -9.23. The number of fused-ring (bicyclic) bond motifs is 1. The molecule has 0 aliphatic heterocycles. The Bertz CT molecular complexity index is 1820. The third-order valence-corrected chi connectivity index (χ3v) is 11.3. The second kappa shape index (κ2) is 12.3. The van der Waals surface area contributed by atoms with E-state index in [0.717, 1.165) is 10.9 Å². The zero-order valence-corrected chi connectivity index (χ0v) is 25.2. The van der Waals surface area contributed by atoms with Crippen molar-refractivity contribution in [1.29, 1.82) is 0 Å². The van der Waals surface area contributed by atoms with Crippen molar-refractivity contribution in [3.63, 3.8) is 0 Å². The van der Waals surface area contributed by atoms with Gasteiger partial charge in [0.25, 0.3) is 20.0 Å². The minimum Gasteiger partial charge on any atom is -0.369 e. The number of amides is 2. The van der Waals surface area contributed by atoms with E-state index < -0.39 is 37.8 Å². The molecule has 0 aliphatic carbocycles. The van der Waals surface area contributed by atoms with E-state index in [4.69, 9.17) is 5.73 Å². The van der Waals surface area contributed by atoms with Gasteiger partial charge in [-0.05, 0) is 79.9 Å². The van der Waals surface area contributed by atoms with Crippen molar-refractivity contribution < 1.29 is 26.4 Å². The minimum absolute atomic E-state index is 0.0208. The Hall–Kier alpha value is -4.22. The average Bonchev–Trinajstić information content (AvgIpc) is 2.96. The van der Waals surface area contributed by atoms with Gasteiger partial charge in [-0.3, -0.25) is 9.59 Å². The zero-order chi connectivity index (χ0) is 30.7. The van der Waals surface area contributed by atoms with E-state index in [1.54, 1.807) is 51.1 Å². The molecule has 0 fully saturated rings. The van der Waals surface area contributed by atoms with Gasteiger partial charge in [0.05, 0.1) is 15.5 Å². The number of benzene rings is 4. The highest BCUT2D eigenvalue weighted by Crippen LogP contribution is 2.32. The van der Waals surface area contributed by atoms with Crippen molar-refractivity contribution in [1.82, 2.24) is 4.90 Å². The van der Waals surface area contributed by atoms with Crippen molar-refractivity contribution >= 4 is 48.3 Å². The quantitative estimate of drug-likeness (QED) is 0.254. The predicted octanol–water partition coefficient (Wildman–Crippen LogP) is 4.24. The number of carbonyl (C=O) groups is 2. The second-order valence-corrected chi connectivity index (χ2v) is 13.7. The van der Waals surface area contributed by atoms with Gasteiger partial charge in [0.15, 0.2) is 0 Å². The number of rotatable bonds is 11. The van der Waals surface area contributed by atoms with E-state index >= 15 is 0 Å². The van der Waals surface area contributed by atoms with Crippen molar-refractivity contribution in [2.24, 2.45) is 11.7 Å². The van der Waals surface area contributed by atoms with Crippen molar-refractivity contribution in [2.45, 2.75) is 37.0 Å². The zero-order valence-electron chi connectivity index (χ0n) is 23.6. The molecule has 0 aliphatic rings. The van der Waals surface area contributed by atoms with Gasteiger partial charge in [-0.15, -0.1) is 0 Å². The molecular weight excluding hydrogens is 574 g/mol. The van der Waals surface area contributed by atoms with Crippen LogP contribution in [0.25, 0.3) is 10.8 Å². The monoisotopic (exact) mass is 607 g/mol. The number of aryl methyl sites for hydroxylation is 1. The van der Waals surface area contributed by atoms with Crippen LogP contribution in [-0.2, 0) is 36.1 Å². The molecule has 0 radical (unpaired) electrons. The lowest BCUT2D eigenvalue weighted by Crippen LogP contribution is -2.42. The first-order valence-corrected chi connectivity index (χ1v) is 16.3. The largest absolute Gasteiger partial charge is 0.369 e. The summed E-state index contributed by atoms with van der Waals surface area (Å²) in [6.07, 6.45) is -0.0208. The Morgan fingerprint density at radius 1 is 0.738 bits per heavy atom. The van der Waals surface area contributed by atoms with Gasteiger partial charge in [0.2, 0.25) is 11.8 Å². The number of hydrogen-bond donors (Lipinski definition) is 1. The number of nitrogens with zero attached hydrogens (tertiary/aromatic N) is 2. The summed E-state index contributed by atoms with van der Waals surface area (Å²) in [5.74, 6) is -2.30. The van der Waals surface area contributed by atoms with Crippen LogP contribution >= 0.6 is 0 Å². The van der Waals surface area contributed by atoms with Crippen LogP contribution in [0.5, 0.6) is 0 Å². The third-order valence-electron chi connectivity index (χ3n) is 7.08. The van der Waals surface area contributed by atoms with Crippen LogP contribution in [0.1, 0.15) is 25.0 Å². The van der Waals surface area contributed by atoms with Crippen LogP contribution in [0.2, 0.25) is 0 Å². The molecule has 1 unspecified atom stereocenters. The van der Waals surface area contributed by atoms with E-state index in [1.807, 2.05) is 12.1 Å². The summed E-state index contributed by atoms with van der Waals surface area (Å²) in [6, 6.07) is 23.2. The summed E-state index contributed by atoms with van der Waals surface area (Å²) in [5, 5.41) is 1.44. The number of hydrogen-bond acceptors (Lipinski definition) is 6. The lowest BCUT2D eigenvalue weighted by Gasteiger charge is -2.25. The fraction of sp³-hybridized carbons (Fsp3) is 0.226. The number of carbonyl (C=O) groups excluding carboxylic acids is 2. The van der Waals surface area contributed by atoms with Crippen LogP contribution in [0.3, 0.4) is 0 Å². The molecule has 4 aromatic carbocycles. The molecule has 1 atom stereocenters. The first-order chi connectivity index (χ1) is 19.9. The van der Waals surface area contributed by atoms with Crippen LogP contribution in [0.15, 0.2) is 101 Å². The number of nitrogens with two attached hydrogens (primary N) is 1. The van der Waals surface area contributed by atoms with Crippen LogP contribution in [0, 0.1) is 12.8 Å². The van der Waals surface area contributed by atoms with Crippen LogP contribution in [0.4, 0.5) is 5.69 Å². The molecule has 0 heterocycles. The fourth-order valence-electron chi connectivity index (χ4n) is 4.69. The second-order valence-electron chi connectivity index (χ2n) is 9.87. The maximum Gasteiger partial charge on any atom is 0.277 e. The highest BCUT2D eigenvalue weighted by atomic mass is 32.3. The molecule has 9 nitrogen and oxygen atoms in total. The van der Waals surface area contributed by atoms with Gasteiger partial charge in [-0.25, -0.2) is 16.8 Å². The smallest absolute Gasteiger partial charge is 0.277 e. The Kier molecular flexibility index (Phi) is 9.03. The van der Waals surface area contributed by atoms with Crippen LogP contribution in [-0.4, -0.2) is 46.6 Å². The summed E-state index contributed by atoms with van der Waals surface area (Å²) in [6.45, 7) is 6.22. The molecular formula is C31H33N3O6S2. The van der Waals surface area contributed by atoms with E-state index in [9.17, 15) is 26.4 Å². The van der Waals surface area contributed by atoms with E-state index in [0.29, 0.717) is 27.7 Å². The van der Waals surface area contributed by atoms with Gasteiger partial charge >= 0.3 is 0 Å². The molecule has 42 heavy (non-hydrogen) atoms. The molecule has 0 bridgehead atoms. The molecule has 0 spiro atoms.